The molecule has 0 saturated heterocycles. The van der Waals surface area contributed by atoms with Crippen molar-refractivity contribution in [2.75, 3.05) is 13.7 Å². The first kappa shape index (κ1) is 18.0. The van der Waals surface area contributed by atoms with E-state index in [1.165, 1.54) is 0 Å². The number of aryl methyl sites for hydroxylation is 2. The van der Waals surface area contributed by atoms with Crippen molar-refractivity contribution in [1.82, 2.24) is 5.43 Å². The van der Waals surface area contributed by atoms with Crippen LogP contribution < -0.4 is 14.9 Å². The highest BCUT2D eigenvalue weighted by atomic mass is 79.9. The number of amides is 1. The first-order chi connectivity index (χ1) is 11.5. The van der Waals surface area contributed by atoms with Gasteiger partial charge in [0.1, 0.15) is 11.5 Å². The van der Waals surface area contributed by atoms with Crippen LogP contribution in [0.1, 0.15) is 16.7 Å². The van der Waals surface area contributed by atoms with E-state index in [0.29, 0.717) is 5.75 Å². The number of benzene rings is 2. The van der Waals surface area contributed by atoms with Crippen molar-refractivity contribution in [1.29, 1.82) is 0 Å². The summed E-state index contributed by atoms with van der Waals surface area (Å²) in [5.74, 6) is 1.10. The molecule has 0 bridgehead atoms. The number of nitrogens with zero attached hydrogens (tertiary/aromatic N) is 1. The summed E-state index contributed by atoms with van der Waals surface area (Å²) >= 11 is 3.40. The number of hydrazone groups is 1. The summed E-state index contributed by atoms with van der Waals surface area (Å²) in [6.45, 7) is 3.82. The van der Waals surface area contributed by atoms with E-state index < -0.39 is 0 Å². The zero-order valence-corrected chi connectivity index (χ0v) is 15.4. The van der Waals surface area contributed by atoms with E-state index in [4.69, 9.17) is 9.47 Å². The fourth-order valence-corrected chi connectivity index (χ4v) is 2.67. The fraction of sp³-hybridized carbons (Fsp3) is 0.222. The minimum atomic E-state index is -0.330. The van der Waals surface area contributed by atoms with Gasteiger partial charge in [-0.15, -0.1) is 0 Å². The third-order valence-corrected chi connectivity index (χ3v) is 3.89. The van der Waals surface area contributed by atoms with Crippen molar-refractivity contribution in [2.45, 2.75) is 13.8 Å². The van der Waals surface area contributed by atoms with E-state index in [0.717, 1.165) is 26.9 Å². The molecule has 0 aliphatic rings. The van der Waals surface area contributed by atoms with Crippen LogP contribution in [0.2, 0.25) is 0 Å². The molecule has 0 fully saturated rings. The zero-order valence-electron chi connectivity index (χ0n) is 13.8. The average Bonchev–Trinajstić information content (AvgIpc) is 2.54. The molecule has 0 aliphatic heterocycles. The Bertz CT molecular complexity index is 760. The van der Waals surface area contributed by atoms with Crippen molar-refractivity contribution in [3.8, 4) is 11.5 Å². The van der Waals surface area contributed by atoms with Crippen LogP contribution in [0.4, 0.5) is 0 Å². The molecule has 2 aromatic carbocycles. The maximum atomic E-state index is 11.8. The zero-order chi connectivity index (χ0) is 17.5. The van der Waals surface area contributed by atoms with Gasteiger partial charge < -0.3 is 9.47 Å². The number of ether oxygens (including phenoxy) is 2. The number of hydrogen-bond donors (Lipinski definition) is 1. The normalized spacial score (nSPS) is 10.7. The molecule has 126 valence electrons. The molecule has 2 rings (SSSR count). The van der Waals surface area contributed by atoms with E-state index >= 15 is 0 Å². The molecule has 2 aromatic rings. The molecular weight excluding hydrogens is 372 g/mol. The van der Waals surface area contributed by atoms with Crippen molar-refractivity contribution >= 4 is 28.1 Å². The molecule has 1 N–H and O–H groups in total. The first-order valence-corrected chi connectivity index (χ1v) is 8.14. The quantitative estimate of drug-likeness (QED) is 0.605. The van der Waals surface area contributed by atoms with Crippen molar-refractivity contribution < 1.29 is 14.3 Å². The van der Waals surface area contributed by atoms with Gasteiger partial charge in [-0.05, 0) is 76.8 Å². The van der Waals surface area contributed by atoms with E-state index in [9.17, 15) is 4.79 Å². The Morgan fingerprint density at radius 2 is 1.96 bits per heavy atom. The fourth-order valence-electron chi connectivity index (χ4n) is 2.06. The lowest BCUT2D eigenvalue weighted by atomic mass is 10.1. The molecule has 0 aromatic heterocycles. The maximum absolute atomic E-state index is 11.8. The monoisotopic (exact) mass is 390 g/mol. The Morgan fingerprint density at radius 3 is 2.62 bits per heavy atom. The molecule has 0 saturated carbocycles. The summed E-state index contributed by atoms with van der Waals surface area (Å²) in [5, 5.41) is 3.93. The second kappa shape index (κ2) is 8.49. The highest BCUT2D eigenvalue weighted by molar-refractivity contribution is 9.10. The molecule has 1 amide bonds. The number of carbonyl (C=O) groups excluding carboxylic acids is 1. The minimum absolute atomic E-state index is 0.110. The standard InChI is InChI=1S/C18H19BrN2O3/c1-12-4-6-17(15(19)8-12)24-11-18(22)21-20-10-14-5-7-16(23-3)13(2)9-14/h4-10H,11H2,1-3H3,(H,21,22). The Morgan fingerprint density at radius 1 is 1.21 bits per heavy atom. The van der Waals surface area contributed by atoms with Crippen LogP contribution in [0.15, 0.2) is 46.0 Å². The van der Waals surface area contributed by atoms with Gasteiger partial charge >= 0.3 is 0 Å². The predicted octanol–water partition coefficient (Wildman–Crippen LogP) is 3.60. The van der Waals surface area contributed by atoms with E-state index in [-0.39, 0.29) is 12.5 Å². The number of carbonyl (C=O) groups is 1. The van der Waals surface area contributed by atoms with Crippen molar-refractivity contribution in [3.05, 3.63) is 57.6 Å². The van der Waals surface area contributed by atoms with Gasteiger partial charge in [-0.1, -0.05) is 6.07 Å². The SMILES string of the molecule is COc1ccc(C=NNC(=O)COc2ccc(C)cc2Br)cc1C. The van der Waals surface area contributed by atoms with E-state index in [1.807, 2.05) is 50.2 Å². The third-order valence-electron chi connectivity index (χ3n) is 3.27. The molecule has 24 heavy (non-hydrogen) atoms. The molecule has 0 aliphatic carbocycles. The minimum Gasteiger partial charge on any atom is -0.496 e. The van der Waals surface area contributed by atoms with Gasteiger partial charge in [0, 0.05) is 0 Å². The Labute approximate surface area is 149 Å². The molecule has 0 atom stereocenters. The van der Waals surface area contributed by atoms with Crippen molar-refractivity contribution in [3.63, 3.8) is 0 Å². The summed E-state index contributed by atoms with van der Waals surface area (Å²) in [5.41, 5.74) is 5.42. The van der Waals surface area contributed by atoms with Gasteiger partial charge in [0.05, 0.1) is 17.8 Å². The summed E-state index contributed by atoms with van der Waals surface area (Å²) in [6.07, 6.45) is 1.58. The van der Waals surface area contributed by atoms with Gasteiger partial charge in [0.25, 0.3) is 5.91 Å². The Kier molecular flexibility index (Phi) is 6.37. The molecule has 5 nitrogen and oxygen atoms in total. The smallest absolute Gasteiger partial charge is 0.277 e. The lowest BCUT2D eigenvalue weighted by Crippen LogP contribution is -2.24. The number of hydrogen-bond acceptors (Lipinski definition) is 4. The van der Waals surface area contributed by atoms with Gasteiger partial charge in [0.15, 0.2) is 6.61 Å². The van der Waals surface area contributed by atoms with Crippen LogP contribution in [-0.4, -0.2) is 25.8 Å². The van der Waals surface area contributed by atoms with Crippen LogP contribution in [0.3, 0.4) is 0 Å². The molecule has 0 spiro atoms. The van der Waals surface area contributed by atoms with E-state index in [1.54, 1.807) is 13.3 Å². The number of halogens is 1. The Balaban J connectivity index is 1.85. The molecule has 6 heteroatoms. The van der Waals surface area contributed by atoms with E-state index in [2.05, 4.69) is 26.5 Å². The highest BCUT2D eigenvalue weighted by Gasteiger charge is 2.05. The molecular formula is C18H19BrN2O3. The number of methoxy groups -OCH3 is 1. The van der Waals surface area contributed by atoms with Crippen LogP contribution in [-0.2, 0) is 4.79 Å². The van der Waals surface area contributed by atoms with Crippen molar-refractivity contribution in [2.24, 2.45) is 5.10 Å². The first-order valence-electron chi connectivity index (χ1n) is 7.35. The molecule has 0 heterocycles. The number of rotatable bonds is 6. The summed E-state index contributed by atoms with van der Waals surface area (Å²) in [4.78, 5) is 11.8. The summed E-state index contributed by atoms with van der Waals surface area (Å²) < 4.78 is 11.5. The largest absolute Gasteiger partial charge is 0.496 e. The van der Waals surface area contributed by atoms with Crippen LogP contribution in [0.25, 0.3) is 0 Å². The number of nitrogens with one attached hydrogen (secondary N) is 1. The van der Waals surface area contributed by atoms with Crippen LogP contribution in [0, 0.1) is 13.8 Å². The Hall–Kier alpha value is -2.34. The maximum Gasteiger partial charge on any atom is 0.277 e. The molecule has 0 radical (unpaired) electrons. The second-order valence-corrected chi connectivity index (χ2v) is 6.10. The van der Waals surface area contributed by atoms with Gasteiger partial charge in [-0.2, -0.15) is 5.10 Å². The van der Waals surface area contributed by atoms with Gasteiger partial charge in [-0.3, -0.25) is 4.79 Å². The highest BCUT2D eigenvalue weighted by Crippen LogP contribution is 2.25. The van der Waals surface area contributed by atoms with Crippen LogP contribution in [0.5, 0.6) is 11.5 Å². The van der Waals surface area contributed by atoms with Gasteiger partial charge in [0.2, 0.25) is 0 Å². The third kappa shape index (κ3) is 5.09. The van der Waals surface area contributed by atoms with Gasteiger partial charge in [-0.25, -0.2) is 5.43 Å². The predicted molar refractivity (Wildman–Crippen MR) is 97.8 cm³/mol. The summed E-state index contributed by atoms with van der Waals surface area (Å²) in [7, 11) is 1.63. The average molecular weight is 391 g/mol. The van der Waals surface area contributed by atoms with Crippen LogP contribution >= 0.6 is 15.9 Å². The molecule has 0 unspecified atom stereocenters. The lowest BCUT2D eigenvalue weighted by molar-refractivity contribution is -0.123. The topological polar surface area (TPSA) is 59.9 Å². The summed E-state index contributed by atoms with van der Waals surface area (Å²) in [6, 6.07) is 11.3. The second-order valence-electron chi connectivity index (χ2n) is 5.24. The lowest BCUT2D eigenvalue weighted by Gasteiger charge is -2.07.